The number of anilines is 1. The lowest BCUT2D eigenvalue weighted by Crippen LogP contribution is -2.09. The van der Waals surface area contributed by atoms with E-state index < -0.39 is 11.4 Å². The molecule has 0 saturated carbocycles. The zero-order valence-corrected chi connectivity index (χ0v) is 9.72. The molecule has 0 fully saturated rings. The van der Waals surface area contributed by atoms with Crippen LogP contribution in [0.5, 0.6) is 0 Å². The molecule has 0 atom stereocenters. The highest BCUT2D eigenvalue weighted by Gasteiger charge is 2.10. The van der Waals surface area contributed by atoms with Crippen molar-refractivity contribution in [1.82, 2.24) is 19.9 Å². The number of nitrogen functional groups attached to an aromatic ring is 1. The minimum absolute atomic E-state index is 0.0387. The molecule has 2 aromatic heterocycles. The van der Waals surface area contributed by atoms with Gasteiger partial charge in [0.25, 0.3) is 5.56 Å². The normalized spacial score (nSPS) is 10.5. The SMILES string of the molecule is Nc1cc(=O)[nH]c(Sc2nc(Cl)ncc2F)n1. The van der Waals surface area contributed by atoms with Crippen molar-refractivity contribution in [2.24, 2.45) is 0 Å². The summed E-state index contributed by atoms with van der Waals surface area (Å²) in [6.45, 7) is 0. The van der Waals surface area contributed by atoms with Crippen LogP contribution >= 0.6 is 23.4 Å². The molecule has 3 N–H and O–H groups in total. The summed E-state index contributed by atoms with van der Waals surface area (Å²) in [5.74, 6) is -0.624. The van der Waals surface area contributed by atoms with Crippen LogP contribution in [0.4, 0.5) is 10.2 Å². The molecule has 0 saturated heterocycles. The number of nitrogens with one attached hydrogen (secondary N) is 1. The van der Waals surface area contributed by atoms with E-state index in [2.05, 4.69) is 19.9 Å². The van der Waals surface area contributed by atoms with Gasteiger partial charge in [0, 0.05) is 6.07 Å². The largest absolute Gasteiger partial charge is 0.383 e. The number of aromatic nitrogens is 4. The van der Waals surface area contributed by atoms with Crippen LogP contribution in [0.2, 0.25) is 5.28 Å². The van der Waals surface area contributed by atoms with Gasteiger partial charge in [0.2, 0.25) is 5.28 Å². The molecule has 0 amide bonds. The lowest BCUT2D eigenvalue weighted by atomic mass is 10.6. The molecule has 0 aliphatic carbocycles. The molecule has 0 aromatic carbocycles. The van der Waals surface area contributed by atoms with Crippen molar-refractivity contribution in [2.45, 2.75) is 10.2 Å². The standard InChI is InChI=1S/C8H5ClFN5OS/c9-7-12-2-3(10)6(15-7)17-8-13-4(11)1-5(16)14-8/h1-2H,(H3,11,13,14,16). The molecule has 0 bridgehead atoms. The molecule has 0 spiro atoms. The molecular formula is C8H5ClFN5OS. The first-order valence-electron chi connectivity index (χ1n) is 4.27. The van der Waals surface area contributed by atoms with Crippen LogP contribution in [0.3, 0.4) is 0 Å². The maximum absolute atomic E-state index is 13.3. The van der Waals surface area contributed by atoms with Gasteiger partial charge in [0.05, 0.1) is 6.20 Å². The molecule has 2 heterocycles. The van der Waals surface area contributed by atoms with Crippen molar-refractivity contribution in [1.29, 1.82) is 0 Å². The molecule has 88 valence electrons. The molecule has 9 heteroatoms. The van der Waals surface area contributed by atoms with E-state index >= 15 is 0 Å². The summed E-state index contributed by atoms with van der Waals surface area (Å²) in [4.78, 5) is 24.4. The second-order valence-corrected chi connectivity index (χ2v) is 4.19. The first-order valence-corrected chi connectivity index (χ1v) is 5.47. The van der Waals surface area contributed by atoms with Crippen LogP contribution in [0.1, 0.15) is 0 Å². The molecule has 17 heavy (non-hydrogen) atoms. The van der Waals surface area contributed by atoms with Crippen LogP contribution in [0.25, 0.3) is 0 Å². The van der Waals surface area contributed by atoms with Gasteiger partial charge in [-0.15, -0.1) is 0 Å². The fraction of sp³-hybridized carbons (Fsp3) is 0. The Morgan fingerprint density at radius 2 is 2.24 bits per heavy atom. The monoisotopic (exact) mass is 273 g/mol. The van der Waals surface area contributed by atoms with Gasteiger partial charge in [-0.05, 0) is 23.4 Å². The van der Waals surface area contributed by atoms with Gasteiger partial charge in [0.15, 0.2) is 11.0 Å². The molecule has 0 unspecified atom stereocenters. The van der Waals surface area contributed by atoms with Crippen LogP contribution in [-0.4, -0.2) is 19.9 Å². The number of nitrogens with zero attached hydrogens (tertiary/aromatic N) is 3. The highest BCUT2D eigenvalue weighted by molar-refractivity contribution is 7.99. The lowest BCUT2D eigenvalue weighted by molar-refractivity contribution is 0.578. The van der Waals surface area contributed by atoms with Crippen LogP contribution < -0.4 is 11.3 Å². The summed E-state index contributed by atoms with van der Waals surface area (Å²) in [5, 5.41) is -0.0115. The van der Waals surface area contributed by atoms with Crippen molar-refractivity contribution in [2.75, 3.05) is 5.73 Å². The summed E-state index contributed by atoms with van der Waals surface area (Å²) in [6, 6.07) is 1.12. The molecule has 0 aliphatic rings. The van der Waals surface area contributed by atoms with E-state index in [1.165, 1.54) is 0 Å². The summed E-state index contributed by atoms with van der Waals surface area (Å²) < 4.78 is 13.3. The molecule has 0 aliphatic heterocycles. The van der Waals surface area contributed by atoms with Crippen molar-refractivity contribution in [3.05, 3.63) is 33.7 Å². The van der Waals surface area contributed by atoms with Gasteiger partial charge < -0.3 is 10.7 Å². The smallest absolute Gasteiger partial charge is 0.253 e. The van der Waals surface area contributed by atoms with Crippen molar-refractivity contribution in [3.63, 3.8) is 0 Å². The highest BCUT2D eigenvalue weighted by Crippen LogP contribution is 2.25. The van der Waals surface area contributed by atoms with Gasteiger partial charge >= 0.3 is 0 Å². The average molecular weight is 274 g/mol. The van der Waals surface area contributed by atoms with Gasteiger partial charge in [0.1, 0.15) is 10.8 Å². The topological polar surface area (TPSA) is 97.6 Å². The van der Waals surface area contributed by atoms with Gasteiger partial charge in [-0.3, -0.25) is 4.79 Å². The number of aromatic amines is 1. The van der Waals surface area contributed by atoms with Crippen LogP contribution in [0.15, 0.2) is 27.2 Å². The summed E-state index contributed by atoms with van der Waals surface area (Å²) in [7, 11) is 0. The molecule has 2 rings (SSSR count). The third-order valence-corrected chi connectivity index (χ3v) is 2.66. The minimum Gasteiger partial charge on any atom is -0.383 e. The second-order valence-electron chi connectivity index (χ2n) is 2.87. The van der Waals surface area contributed by atoms with Gasteiger partial charge in [-0.1, -0.05) is 0 Å². The first kappa shape index (κ1) is 11.8. The first-order chi connectivity index (χ1) is 8.04. The minimum atomic E-state index is -0.663. The van der Waals surface area contributed by atoms with E-state index in [0.29, 0.717) is 0 Å². The summed E-state index contributed by atoms with van der Waals surface area (Å²) in [5.41, 5.74) is 4.95. The van der Waals surface area contributed by atoms with E-state index in [-0.39, 0.29) is 21.3 Å². The van der Waals surface area contributed by atoms with Crippen molar-refractivity contribution < 1.29 is 4.39 Å². The Morgan fingerprint density at radius 1 is 1.47 bits per heavy atom. The number of hydrogen-bond donors (Lipinski definition) is 2. The maximum Gasteiger partial charge on any atom is 0.253 e. The Labute approximate surface area is 103 Å². The van der Waals surface area contributed by atoms with Gasteiger partial charge in [-0.2, -0.15) is 0 Å². The number of H-pyrrole nitrogens is 1. The Balaban J connectivity index is 2.37. The summed E-state index contributed by atoms with van der Waals surface area (Å²) >= 11 is 6.33. The number of halogens is 2. The quantitative estimate of drug-likeness (QED) is 0.628. The molecule has 2 aromatic rings. The molecule has 6 nitrogen and oxygen atoms in total. The number of nitrogens with two attached hydrogens (primary N) is 1. The van der Waals surface area contributed by atoms with Gasteiger partial charge in [-0.25, -0.2) is 19.3 Å². The van der Waals surface area contributed by atoms with E-state index in [1.54, 1.807) is 0 Å². The molecular weight excluding hydrogens is 269 g/mol. The maximum atomic E-state index is 13.3. The van der Waals surface area contributed by atoms with E-state index in [0.717, 1.165) is 24.0 Å². The van der Waals surface area contributed by atoms with E-state index in [4.69, 9.17) is 17.3 Å². The second kappa shape index (κ2) is 4.68. The highest BCUT2D eigenvalue weighted by atomic mass is 35.5. The third kappa shape index (κ3) is 2.92. The Morgan fingerprint density at radius 3 is 2.94 bits per heavy atom. The Bertz CT molecular complexity index is 619. The number of rotatable bonds is 2. The number of hydrogen-bond acceptors (Lipinski definition) is 6. The Hall–Kier alpha value is -1.67. The predicted molar refractivity (Wildman–Crippen MR) is 60.4 cm³/mol. The predicted octanol–water partition coefficient (Wildman–Crippen LogP) is 1.09. The van der Waals surface area contributed by atoms with E-state index in [9.17, 15) is 9.18 Å². The molecule has 0 radical (unpaired) electrons. The van der Waals surface area contributed by atoms with Crippen molar-refractivity contribution in [3.8, 4) is 0 Å². The fourth-order valence-corrected chi connectivity index (χ4v) is 1.95. The zero-order valence-electron chi connectivity index (χ0n) is 8.15. The van der Waals surface area contributed by atoms with Crippen LogP contribution in [0, 0.1) is 5.82 Å². The fourth-order valence-electron chi connectivity index (χ4n) is 0.996. The zero-order chi connectivity index (χ0) is 12.4. The van der Waals surface area contributed by atoms with Crippen molar-refractivity contribution >= 4 is 29.2 Å². The Kier molecular flexibility index (Phi) is 3.25. The van der Waals surface area contributed by atoms with Crippen LogP contribution in [-0.2, 0) is 0 Å². The third-order valence-electron chi connectivity index (χ3n) is 1.62. The van der Waals surface area contributed by atoms with E-state index in [1.807, 2.05) is 0 Å². The summed E-state index contributed by atoms with van der Waals surface area (Å²) in [6.07, 6.45) is 0.933. The average Bonchev–Trinajstić information content (AvgIpc) is 2.22. The lowest BCUT2D eigenvalue weighted by Gasteiger charge is -2.01.